The summed E-state index contributed by atoms with van der Waals surface area (Å²) in [6.07, 6.45) is 1.83. The molecule has 0 amide bonds. The topological polar surface area (TPSA) is 84.0 Å². The third-order valence-corrected chi connectivity index (χ3v) is 4.87. The highest BCUT2D eigenvalue weighted by Crippen LogP contribution is 2.39. The lowest BCUT2D eigenvalue weighted by molar-refractivity contribution is -0.0249. The van der Waals surface area contributed by atoms with E-state index >= 15 is 0 Å². The third-order valence-electron chi connectivity index (χ3n) is 4.87. The van der Waals surface area contributed by atoms with Crippen LogP contribution in [0.4, 0.5) is 5.69 Å². The molecule has 24 heavy (non-hydrogen) atoms. The number of H-pyrrole nitrogens is 1. The molecule has 1 aliphatic carbocycles. The summed E-state index contributed by atoms with van der Waals surface area (Å²) in [6.45, 7) is 15.4. The van der Waals surface area contributed by atoms with Gasteiger partial charge in [0.15, 0.2) is 5.65 Å². The van der Waals surface area contributed by atoms with E-state index in [2.05, 4.69) is 35.7 Å². The molecule has 0 aliphatic heterocycles. The molecule has 7 nitrogen and oxygen atoms in total. The fourth-order valence-electron chi connectivity index (χ4n) is 4.00. The Bertz CT molecular complexity index is 817. The van der Waals surface area contributed by atoms with Gasteiger partial charge >= 0.3 is 5.97 Å². The van der Waals surface area contributed by atoms with Gasteiger partial charge in [-0.2, -0.15) is 0 Å². The average Bonchev–Trinajstić information content (AvgIpc) is 2.99. The Hall–Kier alpha value is -2.49. The van der Waals surface area contributed by atoms with Gasteiger partial charge in [0.2, 0.25) is 5.88 Å². The highest BCUT2D eigenvalue weighted by Gasteiger charge is 2.36. The molecular formula is C17H22N4O3. The Morgan fingerprint density at radius 3 is 2.58 bits per heavy atom. The second-order valence-electron chi connectivity index (χ2n) is 7.03. The fraction of sp³-hybridized carbons (Fsp3) is 0.588. The van der Waals surface area contributed by atoms with E-state index in [-0.39, 0.29) is 40.7 Å². The lowest BCUT2D eigenvalue weighted by Gasteiger charge is -2.37. The zero-order valence-electron chi connectivity index (χ0n) is 14.3. The zero-order chi connectivity index (χ0) is 17.6. The summed E-state index contributed by atoms with van der Waals surface area (Å²) >= 11 is 0. The number of ether oxygens (including phenoxy) is 1. The van der Waals surface area contributed by atoms with Crippen molar-refractivity contribution in [3.05, 3.63) is 22.8 Å². The number of hydrogen-bond acceptors (Lipinski definition) is 4. The second-order valence-corrected chi connectivity index (χ2v) is 7.03. The van der Waals surface area contributed by atoms with Crippen LogP contribution in [0.2, 0.25) is 0 Å². The van der Waals surface area contributed by atoms with E-state index in [1.54, 1.807) is 6.92 Å². The quantitative estimate of drug-likeness (QED) is 0.652. The number of fused-ring (bicyclic) bond motifs is 1. The standard InChI is InChI=1S/C17H22N4O3/c1-8-6-9(2)14(10(3)7-8)24-17(23)12-13(18-5)16(22)21-15(12)19-11(4)20-21/h8-10,14,22H,6-7H2,1-4H3,(H,19,20). The van der Waals surface area contributed by atoms with Crippen molar-refractivity contribution in [3.63, 3.8) is 0 Å². The van der Waals surface area contributed by atoms with Crippen LogP contribution in [0.25, 0.3) is 10.5 Å². The van der Waals surface area contributed by atoms with Gasteiger partial charge in [0.25, 0.3) is 5.69 Å². The lowest BCUT2D eigenvalue weighted by atomic mass is 9.75. The summed E-state index contributed by atoms with van der Waals surface area (Å²) in [6, 6.07) is 0. The molecular weight excluding hydrogens is 308 g/mol. The molecule has 1 fully saturated rings. The summed E-state index contributed by atoms with van der Waals surface area (Å²) in [4.78, 5) is 20.3. The molecule has 0 bridgehead atoms. The van der Waals surface area contributed by atoms with Gasteiger partial charge in [-0.3, -0.25) is 5.10 Å². The number of aromatic hydroxyl groups is 1. The molecule has 0 aromatic carbocycles. The van der Waals surface area contributed by atoms with Crippen molar-refractivity contribution >= 4 is 17.3 Å². The molecule has 2 atom stereocenters. The summed E-state index contributed by atoms with van der Waals surface area (Å²) in [7, 11) is 0. The molecule has 0 saturated heterocycles. The Kier molecular flexibility index (Phi) is 3.99. The number of aromatic nitrogens is 3. The number of rotatable bonds is 2. The number of aromatic amines is 1. The maximum Gasteiger partial charge on any atom is 0.331 e. The van der Waals surface area contributed by atoms with E-state index in [1.165, 1.54) is 4.52 Å². The molecule has 3 rings (SSSR count). The highest BCUT2D eigenvalue weighted by atomic mass is 16.5. The summed E-state index contributed by atoms with van der Waals surface area (Å²) < 4.78 is 7.01. The fourth-order valence-corrected chi connectivity index (χ4v) is 4.00. The minimum absolute atomic E-state index is 0.0323. The number of nitrogens with one attached hydrogen (secondary N) is 1. The molecule has 2 aromatic rings. The average molecular weight is 330 g/mol. The van der Waals surface area contributed by atoms with Crippen molar-refractivity contribution < 1.29 is 14.6 Å². The van der Waals surface area contributed by atoms with Crippen LogP contribution in [0.1, 0.15) is 49.8 Å². The largest absolute Gasteiger partial charge is 0.502 e. The Balaban J connectivity index is 1.96. The Morgan fingerprint density at radius 1 is 1.38 bits per heavy atom. The maximum atomic E-state index is 12.8. The van der Waals surface area contributed by atoms with Crippen LogP contribution >= 0.6 is 0 Å². The van der Waals surface area contributed by atoms with E-state index in [0.29, 0.717) is 11.7 Å². The van der Waals surface area contributed by atoms with Gasteiger partial charge in [0.1, 0.15) is 17.5 Å². The van der Waals surface area contributed by atoms with Crippen molar-refractivity contribution in [2.24, 2.45) is 17.8 Å². The normalized spacial score (nSPS) is 27.1. The highest BCUT2D eigenvalue weighted by molar-refractivity contribution is 6.04. The first-order valence-electron chi connectivity index (χ1n) is 8.21. The van der Waals surface area contributed by atoms with Crippen molar-refractivity contribution in [3.8, 4) is 5.88 Å². The molecule has 7 heteroatoms. The van der Waals surface area contributed by atoms with Gasteiger partial charge in [-0.1, -0.05) is 20.8 Å². The predicted molar refractivity (Wildman–Crippen MR) is 88.1 cm³/mol. The molecule has 2 heterocycles. The van der Waals surface area contributed by atoms with Gasteiger partial charge in [-0.05, 0) is 37.5 Å². The van der Waals surface area contributed by atoms with Gasteiger partial charge < -0.3 is 9.84 Å². The zero-order valence-corrected chi connectivity index (χ0v) is 14.3. The minimum Gasteiger partial charge on any atom is -0.502 e. The number of aryl methyl sites for hydroxylation is 1. The van der Waals surface area contributed by atoms with Gasteiger partial charge in [0, 0.05) is 0 Å². The smallest absolute Gasteiger partial charge is 0.331 e. The van der Waals surface area contributed by atoms with Crippen LogP contribution in [0, 0.1) is 31.2 Å². The van der Waals surface area contributed by atoms with E-state index in [9.17, 15) is 9.90 Å². The molecule has 1 saturated carbocycles. The monoisotopic (exact) mass is 330 g/mol. The predicted octanol–water partition coefficient (Wildman–Crippen LogP) is 3.45. The van der Waals surface area contributed by atoms with Crippen LogP contribution in [-0.2, 0) is 4.74 Å². The molecule has 2 N–H and O–H groups in total. The Labute approximate surface area is 140 Å². The van der Waals surface area contributed by atoms with Crippen molar-refractivity contribution in [1.82, 2.24) is 14.6 Å². The molecule has 2 aromatic heterocycles. The van der Waals surface area contributed by atoms with E-state index in [1.807, 2.05) is 0 Å². The van der Waals surface area contributed by atoms with Crippen LogP contribution in [0.3, 0.4) is 0 Å². The van der Waals surface area contributed by atoms with Crippen LogP contribution < -0.4 is 0 Å². The number of carbonyl (C=O) groups excluding carboxylic acids is 1. The number of esters is 1. The first kappa shape index (κ1) is 16.4. The maximum absolute atomic E-state index is 12.8. The summed E-state index contributed by atoms with van der Waals surface area (Å²) in [5, 5.41) is 13.0. The summed E-state index contributed by atoms with van der Waals surface area (Å²) in [5.41, 5.74) is 0.138. The molecule has 0 spiro atoms. The summed E-state index contributed by atoms with van der Waals surface area (Å²) in [5.74, 6) is 0.768. The Morgan fingerprint density at radius 2 is 2.00 bits per heavy atom. The van der Waals surface area contributed by atoms with Crippen molar-refractivity contribution in [2.45, 2.75) is 46.6 Å². The van der Waals surface area contributed by atoms with E-state index in [0.717, 1.165) is 12.8 Å². The minimum atomic E-state index is -0.594. The number of nitrogens with zero attached hydrogens (tertiary/aromatic N) is 3. The SMILES string of the molecule is [C-]#[N+]c1c(C(=O)OC2C(C)CC(C)CC2C)c2nc(C)[nH]n2c1O. The van der Waals surface area contributed by atoms with Crippen molar-refractivity contribution in [2.75, 3.05) is 0 Å². The lowest BCUT2D eigenvalue weighted by Crippen LogP contribution is -2.37. The van der Waals surface area contributed by atoms with Crippen LogP contribution in [0.5, 0.6) is 5.88 Å². The molecule has 2 unspecified atom stereocenters. The molecule has 128 valence electrons. The van der Waals surface area contributed by atoms with Crippen molar-refractivity contribution in [1.29, 1.82) is 0 Å². The molecule has 0 radical (unpaired) electrons. The first-order valence-corrected chi connectivity index (χ1v) is 8.21. The van der Waals surface area contributed by atoms with Gasteiger partial charge in [-0.15, -0.1) is 0 Å². The van der Waals surface area contributed by atoms with Crippen LogP contribution in [0.15, 0.2) is 0 Å². The van der Waals surface area contributed by atoms with Crippen LogP contribution in [-0.4, -0.2) is 31.8 Å². The first-order chi connectivity index (χ1) is 11.3. The van der Waals surface area contributed by atoms with E-state index in [4.69, 9.17) is 11.3 Å². The van der Waals surface area contributed by atoms with Gasteiger partial charge in [-0.25, -0.2) is 19.1 Å². The molecule has 1 aliphatic rings. The number of hydrogen-bond donors (Lipinski definition) is 2. The van der Waals surface area contributed by atoms with E-state index < -0.39 is 5.97 Å². The third kappa shape index (κ3) is 2.52. The second kappa shape index (κ2) is 5.86. The van der Waals surface area contributed by atoms with Gasteiger partial charge in [0.05, 0.1) is 6.57 Å². The number of carbonyl (C=O) groups is 1.